The molecular weight excluding hydrogens is 377 g/mol. The highest BCUT2D eigenvalue weighted by atomic mass is 35.5. The number of ether oxygens (including phenoxy) is 2. The monoisotopic (exact) mass is 395 g/mol. The van der Waals surface area contributed by atoms with Gasteiger partial charge in [-0.1, -0.05) is 23.2 Å². The first-order chi connectivity index (χ1) is 12.3. The van der Waals surface area contributed by atoms with Crippen molar-refractivity contribution < 1.29 is 19.1 Å². The van der Waals surface area contributed by atoms with Crippen LogP contribution in [0.3, 0.4) is 0 Å². The molecule has 0 radical (unpaired) electrons. The number of esters is 1. The fraction of sp³-hybridized carbons (Fsp3) is 0.263. The molecule has 138 valence electrons. The van der Waals surface area contributed by atoms with Crippen LogP contribution in [0.4, 0.5) is 5.69 Å². The molecule has 0 fully saturated rings. The molecule has 0 heterocycles. The van der Waals surface area contributed by atoms with Crippen molar-refractivity contribution in [3.63, 3.8) is 0 Å². The quantitative estimate of drug-likeness (QED) is 0.701. The van der Waals surface area contributed by atoms with Gasteiger partial charge in [0.05, 0.1) is 16.8 Å². The second-order valence-corrected chi connectivity index (χ2v) is 6.69. The molecule has 0 saturated heterocycles. The van der Waals surface area contributed by atoms with E-state index in [4.69, 9.17) is 32.7 Å². The van der Waals surface area contributed by atoms with Crippen LogP contribution in [-0.4, -0.2) is 24.1 Å². The Hall–Kier alpha value is -2.24. The zero-order chi connectivity index (χ0) is 19.3. The maximum absolute atomic E-state index is 12.3. The highest BCUT2D eigenvalue weighted by Crippen LogP contribution is 2.26. The van der Waals surface area contributed by atoms with Crippen LogP contribution in [0.2, 0.25) is 10.0 Å². The zero-order valence-electron chi connectivity index (χ0n) is 14.6. The lowest BCUT2D eigenvalue weighted by molar-refractivity contribution is -0.154. The number of hydrogen-bond donors (Lipinski definition) is 1. The molecule has 5 nitrogen and oxygen atoms in total. The molecule has 2 aromatic rings. The molecule has 2 rings (SSSR count). The number of benzene rings is 2. The smallest absolute Gasteiger partial charge is 0.347 e. The van der Waals surface area contributed by atoms with Gasteiger partial charge in [0, 0.05) is 10.6 Å². The molecule has 0 aliphatic heterocycles. The topological polar surface area (TPSA) is 64.6 Å². The summed E-state index contributed by atoms with van der Waals surface area (Å²) >= 11 is 11.9. The average molecular weight is 396 g/mol. The fourth-order valence-electron chi connectivity index (χ4n) is 2.05. The van der Waals surface area contributed by atoms with Gasteiger partial charge >= 0.3 is 5.97 Å². The predicted molar refractivity (Wildman–Crippen MR) is 102 cm³/mol. The second kappa shape index (κ2) is 8.92. The van der Waals surface area contributed by atoms with E-state index in [0.29, 0.717) is 27.0 Å². The number of hydrogen-bond acceptors (Lipinski definition) is 4. The van der Waals surface area contributed by atoms with Crippen LogP contribution in [0.1, 0.15) is 31.1 Å². The summed E-state index contributed by atoms with van der Waals surface area (Å²) in [5, 5.41) is 3.55. The third-order valence-electron chi connectivity index (χ3n) is 3.29. The molecule has 1 amide bonds. The van der Waals surface area contributed by atoms with E-state index < -0.39 is 12.1 Å². The van der Waals surface area contributed by atoms with Gasteiger partial charge in [0.2, 0.25) is 0 Å². The number of anilines is 1. The van der Waals surface area contributed by atoms with Gasteiger partial charge in [0.1, 0.15) is 5.75 Å². The number of halogens is 2. The summed E-state index contributed by atoms with van der Waals surface area (Å²) < 4.78 is 10.6. The number of nitrogens with one attached hydrogen (secondary N) is 1. The highest BCUT2D eigenvalue weighted by Gasteiger charge is 2.18. The van der Waals surface area contributed by atoms with Crippen LogP contribution in [0.25, 0.3) is 0 Å². The molecular formula is C19H19Cl2NO4. The predicted octanol–water partition coefficient (Wildman–Crippen LogP) is 4.96. The van der Waals surface area contributed by atoms with Crippen molar-refractivity contribution in [3.8, 4) is 5.75 Å². The summed E-state index contributed by atoms with van der Waals surface area (Å²) in [5.74, 6) is -0.332. The minimum atomic E-state index is -0.748. The third kappa shape index (κ3) is 5.64. The summed E-state index contributed by atoms with van der Waals surface area (Å²) in [7, 11) is 0. The van der Waals surface area contributed by atoms with E-state index in [1.165, 1.54) is 0 Å². The van der Waals surface area contributed by atoms with Gasteiger partial charge < -0.3 is 14.8 Å². The number of carbonyl (C=O) groups is 2. The van der Waals surface area contributed by atoms with Gasteiger partial charge in [-0.15, -0.1) is 0 Å². The van der Waals surface area contributed by atoms with Crippen LogP contribution in [-0.2, 0) is 9.53 Å². The van der Waals surface area contributed by atoms with Crippen molar-refractivity contribution >= 4 is 40.8 Å². The normalized spacial score (nSPS) is 11.8. The maximum atomic E-state index is 12.3. The summed E-state index contributed by atoms with van der Waals surface area (Å²) in [6.07, 6.45) is -0.958. The Balaban J connectivity index is 2.01. The Morgan fingerprint density at radius 2 is 1.65 bits per heavy atom. The zero-order valence-corrected chi connectivity index (χ0v) is 16.1. The highest BCUT2D eigenvalue weighted by molar-refractivity contribution is 6.35. The van der Waals surface area contributed by atoms with E-state index in [9.17, 15) is 9.59 Å². The van der Waals surface area contributed by atoms with E-state index in [2.05, 4.69) is 5.32 Å². The van der Waals surface area contributed by atoms with Crippen LogP contribution in [0.15, 0.2) is 42.5 Å². The van der Waals surface area contributed by atoms with E-state index >= 15 is 0 Å². The van der Waals surface area contributed by atoms with Gasteiger partial charge in [0.25, 0.3) is 5.91 Å². The van der Waals surface area contributed by atoms with Gasteiger partial charge in [0.15, 0.2) is 6.10 Å². The molecule has 26 heavy (non-hydrogen) atoms. The average Bonchev–Trinajstić information content (AvgIpc) is 2.58. The maximum Gasteiger partial charge on any atom is 0.347 e. The van der Waals surface area contributed by atoms with Crippen molar-refractivity contribution in [2.24, 2.45) is 0 Å². The summed E-state index contributed by atoms with van der Waals surface area (Å²) in [6.45, 7) is 5.14. The van der Waals surface area contributed by atoms with Gasteiger partial charge in [-0.3, -0.25) is 4.79 Å². The van der Waals surface area contributed by atoms with Crippen LogP contribution < -0.4 is 10.1 Å². The molecule has 1 atom stereocenters. The van der Waals surface area contributed by atoms with Gasteiger partial charge in [-0.2, -0.15) is 0 Å². The molecule has 1 N–H and O–H groups in total. The van der Waals surface area contributed by atoms with Crippen LogP contribution >= 0.6 is 23.2 Å². The van der Waals surface area contributed by atoms with Gasteiger partial charge in [-0.25, -0.2) is 4.79 Å². The lowest BCUT2D eigenvalue weighted by Crippen LogP contribution is -2.28. The molecule has 0 aliphatic rings. The molecule has 0 aliphatic carbocycles. The fourth-order valence-corrected chi connectivity index (χ4v) is 2.39. The Kier molecular flexibility index (Phi) is 6.89. The summed E-state index contributed by atoms with van der Waals surface area (Å²) in [5.41, 5.74) is 0.834. The molecule has 7 heteroatoms. The van der Waals surface area contributed by atoms with Crippen molar-refractivity contribution in [3.05, 3.63) is 58.1 Å². The van der Waals surface area contributed by atoms with Gasteiger partial charge in [-0.05, 0) is 63.2 Å². The number of carbonyl (C=O) groups excluding carboxylic acids is 2. The Morgan fingerprint density at radius 1 is 1.00 bits per heavy atom. The Bertz CT molecular complexity index is 791. The summed E-state index contributed by atoms with van der Waals surface area (Å²) in [4.78, 5) is 24.1. The minimum Gasteiger partial charge on any atom is -0.479 e. The van der Waals surface area contributed by atoms with E-state index in [1.54, 1.807) is 63.2 Å². The molecule has 0 bridgehead atoms. The van der Waals surface area contributed by atoms with E-state index in [0.717, 1.165) is 0 Å². The van der Waals surface area contributed by atoms with Crippen molar-refractivity contribution in [2.45, 2.75) is 33.0 Å². The molecule has 0 spiro atoms. The number of amides is 1. The lowest BCUT2D eigenvalue weighted by Gasteiger charge is -2.16. The third-order valence-corrected chi connectivity index (χ3v) is 3.85. The van der Waals surface area contributed by atoms with Crippen molar-refractivity contribution in [2.75, 3.05) is 5.32 Å². The molecule has 0 unspecified atom stereocenters. The SMILES string of the molecule is CC(C)OC(=O)[C@H](C)Oc1ccc(C(=O)Nc2cc(Cl)ccc2Cl)cc1. The Labute approximate surface area is 162 Å². The number of rotatable bonds is 6. The van der Waals surface area contributed by atoms with Crippen LogP contribution in [0.5, 0.6) is 5.75 Å². The van der Waals surface area contributed by atoms with Crippen molar-refractivity contribution in [1.82, 2.24) is 0 Å². The molecule has 0 saturated carbocycles. The molecule has 0 aromatic heterocycles. The first-order valence-corrected chi connectivity index (χ1v) is 8.75. The first-order valence-electron chi connectivity index (χ1n) is 8.00. The summed E-state index contributed by atoms with van der Waals surface area (Å²) in [6, 6.07) is 11.2. The second-order valence-electron chi connectivity index (χ2n) is 5.85. The van der Waals surface area contributed by atoms with E-state index in [1.807, 2.05) is 0 Å². The largest absolute Gasteiger partial charge is 0.479 e. The van der Waals surface area contributed by atoms with E-state index in [-0.39, 0.29) is 12.0 Å². The lowest BCUT2D eigenvalue weighted by atomic mass is 10.2. The standard InChI is InChI=1S/C19H19Cl2NO4/c1-11(2)25-19(24)12(3)26-15-7-4-13(5-8-15)18(23)22-17-10-14(20)6-9-16(17)21/h4-12H,1-3H3,(H,22,23)/t12-/m0/s1. The van der Waals surface area contributed by atoms with Crippen molar-refractivity contribution in [1.29, 1.82) is 0 Å². The molecule has 2 aromatic carbocycles. The first kappa shape index (κ1) is 20.1. The minimum absolute atomic E-state index is 0.210. The Morgan fingerprint density at radius 3 is 2.27 bits per heavy atom. The van der Waals surface area contributed by atoms with Crippen LogP contribution in [0, 0.1) is 0 Å².